The number of aromatic nitrogens is 4. The largest absolute Gasteiger partial charge is 0.284 e. The zero-order valence-corrected chi connectivity index (χ0v) is 14.6. The lowest BCUT2D eigenvalue weighted by Crippen LogP contribution is -2.28. The average molecular weight is 349 g/mol. The van der Waals surface area contributed by atoms with Crippen molar-refractivity contribution in [2.45, 2.75) is 6.92 Å². The minimum Gasteiger partial charge on any atom is -0.266 e. The third-order valence-corrected chi connectivity index (χ3v) is 4.99. The minimum absolute atomic E-state index is 0.208. The second kappa shape index (κ2) is 6.10. The van der Waals surface area contributed by atoms with Gasteiger partial charge in [0.15, 0.2) is 5.13 Å². The average Bonchev–Trinajstić information content (AvgIpc) is 3.22. The normalized spacial score (nSPS) is 11.0. The first-order valence-corrected chi connectivity index (χ1v) is 8.57. The highest BCUT2D eigenvalue weighted by molar-refractivity contribution is 7.22. The van der Waals surface area contributed by atoms with Gasteiger partial charge in [-0.2, -0.15) is 0 Å². The predicted molar refractivity (Wildman–Crippen MR) is 98.3 cm³/mol. The summed E-state index contributed by atoms with van der Waals surface area (Å²) in [6.45, 7) is 1.98. The van der Waals surface area contributed by atoms with Crippen molar-refractivity contribution in [2.75, 3.05) is 4.90 Å². The van der Waals surface area contributed by atoms with E-state index in [4.69, 9.17) is 0 Å². The number of carbonyl (C=O) groups excluding carboxylic acids is 1. The van der Waals surface area contributed by atoms with Crippen LogP contribution in [-0.4, -0.2) is 25.9 Å². The van der Waals surface area contributed by atoms with E-state index in [-0.39, 0.29) is 5.91 Å². The third-order valence-electron chi connectivity index (χ3n) is 3.97. The molecule has 0 aliphatic carbocycles. The Morgan fingerprint density at radius 2 is 1.88 bits per heavy atom. The molecular formula is C18H15N5OS. The number of thiazole rings is 1. The fourth-order valence-corrected chi connectivity index (χ4v) is 3.65. The second-order valence-corrected chi connectivity index (χ2v) is 6.64. The molecule has 0 aliphatic rings. The SMILES string of the molecule is Cc1ccccc1N(C(=O)c1cnnn1C)c1nc2ccccc2s1. The molecule has 6 nitrogen and oxygen atoms in total. The molecule has 0 saturated carbocycles. The lowest BCUT2D eigenvalue weighted by molar-refractivity contribution is 0.0990. The zero-order chi connectivity index (χ0) is 17.4. The van der Waals surface area contributed by atoms with Crippen molar-refractivity contribution in [3.63, 3.8) is 0 Å². The summed E-state index contributed by atoms with van der Waals surface area (Å²) >= 11 is 1.48. The molecule has 124 valence electrons. The van der Waals surface area contributed by atoms with Gasteiger partial charge in [-0.25, -0.2) is 9.67 Å². The molecule has 2 aromatic heterocycles. The summed E-state index contributed by atoms with van der Waals surface area (Å²) < 4.78 is 2.51. The Hall–Kier alpha value is -3.06. The third kappa shape index (κ3) is 2.68. The van der Waals surface area contributed by atoms with Crippen LogP contribution in [0.4, 0.5) is 10.8 Å². The molecule has 0 N–H and O–H groups in total. The summed E-state index contributed by atoms with van der Waals surface area (Å²) in [4.78, 5) is 19.6. The standard InChI is InChI=1S/C18H15N5OS/c1-12-7-3-5-9-14(12)23(17(24)15-11-19-21-22(15)2)18-20-13-8-4-6-10-16(13)25-18/h3-11H,1-2H3. The van der Waals surface area contributed by atoms with Crippen molar-refractivity contribution in [3.8, 4) is 0 Å². The molecule has 7 heteroatoms. The first-order valence-electron chi connectivity index (χ1n) is 7.75. The summed E-state index contributed by atoms with van der Waals surface area (Å²) in [6.07, 6.45) is 1.47. The first kappa shape index (κ1) is 15.5. The number of anilines is 2. The van der Waals surface area contributed by atoms with Crippen LogP contribution in [0.25, 0.3) is 10.2 Å². The summed E-state index contributed by atoms with van der Waals surface area (Å²) in [5, 5.41) is 8.33. The molecule has 0 fully saturated rings. The smallest absolute Gasteiger partial charge is 0.266 e. The fourth-order valence-electron chi connectivity index (χ4n) is 2.67. The van der Waals surface area contributed by atoms with Crippen LogP contribution in [0.5, 0.6) is 0 Å². The number of nitrogens with zero attached hydrogens (tertiary/aromatic N) is 5. The number of para-hydroxylation sites is 2. The Morgan fingerprint density at radius 3 is 2.60 bits per heavy atom. The van der Waals surface area contributed by atoms with Crippen LogP contribution in [0.2, 0.25) is 0 Å². The van der Waals surface area contributed by atoms with Gasteiger partial charge in [-0.15, -0.1) is 5.10 Å². The van der Waals surface area contributed by atoms with Gasteiger partial charge in [0, 0.05) is 7.05 Å². The number of hydrogen-bond donors (Lipinski definition) is 0. The molecule has 25 heavy (non-hydrogen) atoms. The number of hydrogen-bond acceptors (Lipinski definition) is 5. The van der Waals surface area contributed by atoms with Gasteiger partial charge in [-0.3, -0.25) is 9.69 Å². The maximum Gasteiger partial charge on any atom is 0.284 e. The van der Waals surface area contributed by atoms with E-state index in [1.807, 2.05) is 55.5 Å². The van der Waals surface area contributed by atoms with Gasteiger partial charge in [-0.1, -0.05) is 46.9 Å². The fraction of sp³-hybridized carbons (Fsp3) is 0.111. The summed E-state index contributed by atoms with van der Waals surface area (Å²) in [5.74, 6) is -0.208. The molecule has 1 amide bonds. The van der Waals surface area contributed by atoms with Crippen LogP contribution < -0.4 is 4.90 Å². The highest BCUT2D eigenvalue weighted by Gasteiger charge is 2.26. The van der Waals surface area contributed by atoms with E-state index in [1.165, 1.54) is 22.2 Å². The van der Waals surface area contributed by atoms with Gasteiger partial charge in [-0.05, 0) is 30.7 Å². The van der Waals surface area contributed by atoms with E-state index in [2.05, 4.69) is 15.3 Å². The van der Waals surface area contributed by atoms with Crippen LogP contribution in [0.1, 0.15) is 16.1 Å². The molecule has 0 aliphatic heterocycles. The quantitative estimate of drug-likeness (QED) is 0.565. The van der Waals surface area contributed by atoms with Crippen molar-refractivity contribution in [2.24, 2.45) is 7.05 Å². The summed E-state index contributed by atoms with van der Waals surface area (Å²) in [5.41, 5.74) is 3.07. The maximum atomic E-state index is 13.2. The van der Waals surface area contributed by atoms with Crippen molar-refractivity contribution >= 4 is 38.3 Å². The molecule has 0 radical (unpaired) electrons. The molecule has 0 spiro atoms. The Kier molecular flexibility index (Phi) is 3.77. The van der Waals surface area contributed by atoms with Crippen molar-refractivity contribution < 1.29 is 4.79 Å². The van der Waals surface area contributed by atoms with Crippen LogP contribution in [0, 0.1) is 6.92 Å². The van der Waals surface area contributed by atoms with Gasteiger partial charge in [0.05, 0.1) is 22.1 Å². The van der Waals surface area contributed by atoms with E-state index in [0.717, 1.165) is 21.5 Å². The van der Waals surface area contributed by atoms with E-state index < -0.39 is 0 Å². The van der Waals surface area contributed by atoms with Gasteiger partial charge in [0.1, 0.15) is 5.69 Å². The van der Waals surface area contributed by atoms with E-state index in [9.17, 15) is 4.79 Å². The highest BCUT2D eigenvalue weighted by atomic mass is 32.1. The molecule has 0 unspecified atom stereocenters. The molecule has 0 bridgehead atoms. The van der Waals surface area contributed by atoms with Crippen LogP contribution in [0.15, 0.2) is 54.7 Å². The Labute approximate surface area is 148 Å². The van der Waals surface area contributed by atoms with Crippen molar-refractivity contribution in [3.05, 3.63) is 66.0 Å². The van der Waals surface area contributed by atoms with Gasteiger partial charge in [0.25, 0.3) is 5.91 Å². The maximum absolute atomic E-state index is 13.2. The topological polar surface area (TPSA) is 63.9 Å². The van der Waals surface area contributed by atoms with Crippen LogP contribution in [0.3, 0.4) is 0 Å². The second-order valence-electron chi connectivity index (χ2n) is 5.63. The first-order chi connectivity index (χ1) is 12.1. The molecular weight excluding hydrogens is 334 g/mol. The lowest BCUT2D eigenvalue weighted by atomic mass is 10.2. The van der Waals surface area contributed by atoms with E-state index in [1.54, 1.807) is 11.9 Å². The number of rotatable bonds is 3. The predicted octanol–water partition coefficient (Wildman–Crippen LogP) is 3.71. The Morgan fingerprint density at radius 1 is 1.12 bits per heavy atom. The molecule has 0 saturated heterocycles. The number of fused-ring (bicyclic) bond motifs is 1. The molecule has 2 heterocycles. The summed E-state index contributed by atoms with van der Waals surface area (Å²) in [6, 6.07) is 15.6. The van der Waals surface area contributed by atoms with Crippen LogP contribution >= 0.6 is 11.3 Å². The Balaban J connectivity index is 1.91. The summed E-state index contributed by atoms with van der Waals surface area (Å²) in [7, 11) is 1.70. The molecule has 0 atom stereocenters. The molecule has 4 rings (SSSR count). The van der Waals surface area contributed by atoms with Gasteiger partial charge in [0.2, 0.25) is 0 Å². The van der Waals surface area contributed by atoms with Crippen molar-refractivity contribution in [1.29, 1.82) is 0 Å². The number of benzene rings is 2. The van der Waals surface area contributed by atoms with Gasteiger partial charge < -0.3 is 0 Å². The van der Waals surface area contributed by atoms with Gasteiger partial charge >= 0.3 is 0 Å². The van der Waals surface area contributed by atoms with Crippen LogP contribution in [-0.2, 0) is 7.05 Å². The molecule has 2 aromatic carbocycles. The number of carbonyl (C=O) groups is 1. The number of aryl methyl sites for hydroxylation is 2. The van der Waals surface area contributed by atoms with Crippen molar-refractivity contribution in [1.82, 2.24) is 20.0 Å². The van der Waals surface area contributed by atoms with E-state index in [0.29, 0.717) is 10.8 Å². The van der Waals surface area contributed by atoms with E-state index >= 15 is 0 Å². The lowest BCUT2D eigenvalue weighted by Gasteiger charge is -2.21. The monoisotopic (exact) mass is 349 g/mol. The highest BCUT2D eigenvalue weighted by Crippen LogP contribution is 2.35. The minimum atomic E-state index is -0.208. The number of amides is 1. The zero-order valence-electron chi connectivity index (χ0n) is 13.7. The molecule has 4 aromatic rings. The Bertz CT molecular complexity index is 1030.